The molecule has 6 heterocycles. The first-order valence-electron chi connectivity index (χ1n) is 43.0. The van der Waals surface area contributed by atoms with Crippen molar-refractivity contribution in [2.24, 2.45) is 0 Å². The first-order valence-corrected chi connectivity index (χ1v) is 43.0. The number of fused-ring (bicyclic) bond motifs is 8. The lowest BCUT2D eigenvalue weighted by atomic mass is 9.33. The van der Waals surface area contributed by atoms with Gasteiger partial charge in [-0.1, -0.05) is 352 Å². The van der Waals surface area contributed by atoms with Crippen LogP contribution < -0.4 is 52.4 Å². The molecule has 0 radical (unpaired) electrons. The van der Waals surface area contributed by atoms with Gasteiger partial charge in [0, 0.05) is 102 Å². The highest BCUT2D eigenvalue weighted by atomic mass is 15.2. The normalized spacial score (nSPS) is 12.5. The highest BCUT2D eigenvalue weighted by Gasteiger charge is 2.46. The van der Waals surface area contributed by atoms with E-state index in [9.17, 15) is 0 Å². The maximum atomic E-state index is 5.58. The zero-order valence-corrected chi connectivity index (χ0v) is 68.5. The van der Waals surface area contributed by atoms with E-state index < -0.39 is 0 Å². The molecular formula is C115H75B2N9. The van der Waals surface area contributed by atoms with Crippen LogP contribution in [0.15, 0.2) is 455 Å². The smallest absolute Gasteiger partial charge is 0.252 e. The number of benzene rings is 18. The zero-order valence-electron chi connectivity index (χ0n) is 68.5. The largest absolute Gasteiger partial charge is 0.311 e. The van der Waals surface area contributed by atoms with Gasteiger partial charge in [-0.15, -0.1) is 0 Å². The third-order valence-electron chi connectivity index (χ3n) is 25.3. The molecule has 4 aliphatic heterocycles. The second-order valence-corrected chi connectivity index (χ2v) is 32.6. The molecule has 126 heavy (non-hydrogen) atoms. The van der Waals surface area contributed by atoms with Gasteiger partial charge in [-0.3, -0.25) is 0 Å². The predicted octanol–water partition coefficient (Wildman–Crippen LogP) is 25.2. The monoisotopic (exact) mass is 1600 g/mol. The minimum atomic E-state index is -0.210. The fourth-order valence-electron chi connectivity index (χ4n) is 19.4. The second kappa shape index (κ2) is 30.8. The van der Waals surface area contributed by atoms with Gasteiger partial charge in [0.2, 0.25) is 0 Å². The Morgan fingerprint density at radius 2 is 0.373 bits per heavy atom. The summed E-state index contributed by atoms with van der Waals surface area (Å²) in [6.07, 6.45) is 0. The summed E-state index contributed by atoms with van der Waals surface area (Å²) in [4.78, 5) is 37.2. The summed E-state index contributed by atoms with van der Waals surface area (Å²) in [7, 11) is 0. The van der Waals surface area contributed by atoms with Crippen LogP contribution in [0, 0.1) is 0 Å². The number of rotatable bonds is 15. The van der Waals surface area contributed by atoms with E-state index in [1.165, 1.54) is 32.8 Å². The van der Waals surface area contributed by atoms with E-state index in [-0.39, 0.29) is 13.4 Å². The summed E-state index contributed by atoms with van der Waals surface area (Å²) in [5, 5.41) is 0. The first-order chi connectivity index (χ1) is 62.5. The fourth-order valence-corrected chi connectivity index (χ4v) is 19.4. The highest BCUT2D eigenvalue weighted by molar-refractivity contribution is 7.01. The predicted molar refractivity (Wildman–Crippen MR) is 523 cm³/mol. The lowest BCUT2D eigenvalue weighted by Gasteiger charge is -2.44. The lowest BCUT2D eigenvalue weighted by molar-refractivity contribution is 1.07. The molecule has 0 amide bonds. The van der Waals surface area contributed by atoms with E-state index in [1.807, 2.05) is 18.2 Å². The lowest BCUT2D eigenvalue weighted by Crippen LogP contribution is -2.61. The van der Waals surface area contributed by atoms with E-state index >= 15 is 0 Å². The molecular weight excluding hydrogens is 1530 g/mol. The maximum absolute atomic E-state index is 5.58. The fraction of sp³-hybridized carbons (Fsp3) is 0. The number of anilines is 12. The second-order valence-electron chi connectivity index (χ2n) is 32.6. The van der Waals surface area contributed by atoms with Crippen molar-refractivity contribution in [3.63, 3.8) is 0 Å². The number of para-hydroxylation sites is 4. The average Bonchev–Trinajstić information content (AvgIpc) is 0.698. The van der Waals surface area contributed by atoms with Gasteiger partial charge in [-0.2, -0.15) is 0 Å². The van der Waals surface area contributed by atoms with Crippen LogP contribution in [0.5, 0.6) is 0 Å². The molecule has 4 aliphatic rings. The minimum absolute atomic E-state index is 0.0367. The van der Waals surface area contributed by atoms with Gasteiger partial charge in [0.05, 0.1) is 11.4 Å². The van der Waals surface area contributed by atoms with Crippen LogP contribution in [0.25, 0.3) is 124 Å². The van der Waals surface area contributed by atoms with Gasteiger partial charge < -0.3 is 19.6 Å². The summed E-state index contributed by atoms with van der Waals surface area (Å²) in [6, 6.07) is 164. The van der Waals surface area contributed by atoms with E-state index in [4.69, 9.17) is 24.9 Å². The van der Waals surface area contributed by atoms with Crippen molar-refractivity contribution in [1.82, 2.24) is 24.9 Å². The molecule has 9 nitrogen and oxygen atoms in total. The quantitative estimate of drug-likeness (QED) is 0.0933. The molecule has 11 heteroatoms. The van der Waals surface area contributed by atoms with E-state index in [0.29, 0.717) is 23.3 Å². The summed E-state index contributed by atoms with van der Waals surface area (Å²) in [5.74, 6) is 2.37. The third kappa shape index (κ3) is 12.9. The van der Waals surface area contributed by atoms with Gasteiger partial charge in [-0.25, -0.2) is 24.9 Å². The Balaban J connectivity index is 0.619. The number of aromatic nitrogens is 5. The summed E-state index contributed by atoms with van der Waals surface area (Å²) < 4.78 is 0. The summed E-state index contributed by atoms with van der Waals surface area (Å²) in [6.45, 7) is -0.247. The van der Waals surface area contributed by atoms with Crippen LogP contribution in [-0.2, 0) is 0 Å². The molecule has 2 aromatic heterocycles. The molecule has 0 fully saturated rings. The highest BCUT2D eigenvalue weighted by Crippen LogP contribution is 2.50. The molecule has 18 aromatic carbocycles. The standard InChI is InChI=1S/C115H75B2N9/c1-9-29-76(30-10-1)82-57-63-94(64-58-82)125-104-67-61-88(77-31-11-2-12-32-77)69-98(104)117-99-70-89(78-33-13-3-14-34-78)62-68-105(99)126(109-72-90(71-108(125)111(109)117)114-118-100(84-35-15-4-16-36-84)75-101(119-114)85-37-17-5-18-38-85)95-65-59-83(60-66-95)80-51-49-79(50-52-80)81-53-55-87(56-54-81)113-120-112(86-39-19-6-20-40-86)121-115(122-113)91-73-106-110-107(74-91)124(93-43-23-8-24-44-93)103-48-28-26-46-97(103)116(110)96-45-25-27-47-102(96)123(106)92-41-21-7-22-42-92/h1-75H. The topological polar surface area (TPSA) is 77.4 Å². The number of nitrogens with zero attached hydrogens (tertiary/aromatic N) is 9. The SMILES string of the molecule is c1ccc(-c2ccc(N3c4ccc(-c5ccccc5)cc4B4c5cc(-c6ccccc6)ccc5N(c5ccc(-c6ccc(-c7ccc(-c8nc(-c9ccccc9)nc(-c9cc%10c%11c(c9)N(c9ccccc9)c9ccccc9B%11c9ccccc9N%10c9ccccc9)n8)cc7)cc6)cc5)c5cc(-c6nc(-c7ccccc7)cc(-c7ccccc7)n6)cc3c54)cc2)cc1. The molecule has 586 valence electrons. The number of hydrogen-bond acceptors (Lipinski definition) is 9. The molecule has 0 spiro atoms. The average molecular weight is 1600 g/mol. The van der Waals surface area contributed by atoms with Gasteiger partial charge in [-0.05, 0) is 192 Å². The van der Waals surface area contributed by atoms with Crippen molar-refractivity contribution < 1.29 is 0 Å². The zero-order chi connectivity index (χ0) is 83.1. The molecule has 0 bridgehead atoms. The molecule has 0 N–H and O–H groups in total. The molecule has 0 saturated heterocycles. The minimum Gasteiger partial charge on any atom is -0.311 e. The van der Waals surface area contributed by atoms with Crippen LogP contribution in [0.3, 0.4) is 0 Å². The third-order valence-corrected chi connectivity index (χ3v) is 25.3. The summed E-state index contributed by atoms with van der Waals surface area (Å²) >= 11 is 0. The Labute approximate surface area is 732 Å². The van der Waals surface area contributed by atoms with Crippen molar-refractivity contribution >= 4 is 114 Å². The number of hydrogen-bond donors (Lipinski definition) is 0. The van der Waals surface area contributed by atoms with Gasteiger partial charge >= 0.3 is 0 Å². The van der Waals surface area contributed by atoms with Gasteiger partial charge in [0.1, 0.15) is 0 Å². The Bertz CT molecular complexity index is 7380. The molecule has 0 saturated carbocycles. The first kappa shape index (κ1) is 73.3. The van der Waals surface area contributed by atoms with Crippen LogP contribution >= 0.6 is 0 Å². The van der Waals surface area contributed by atoms with E-state index in [0.717, 1.165) is 169 Å². The van der Waals surface area contributed by atoms with Crippen LogP contribution in [0.4, 0.5) is 68.2 Å². The Kier molecular flexibility index (Phi) is 17.9. The summed E-state index contributed by atoms with van der Waals surface area (Å²) in [5.41, 5.74) is 38.7. The van der Waals surface area contributed by atoms with Gasteiger partial charge in [0.15, 0.2) is 23.3 Å². The van der Waals surface area contributed by atoms with E-state index in [2.05, 4.69) is 456 Å². The molecule has 0 atom stereocenters. The van der Waals surface area contributed by atoms with Crippen molar-refractivity contribution in [3.8, 4) is 124 Å². The molecule has 0 aliphatic carbocycles. The van der Waals surface area contributed by atoms with Crippen LogP contribution in [0.1, 0.15) is 0 Å². The Morgan fingerprint density at radius 1 is 0.143 bits per heavy atom. The van der Waals surface area contributed by atoms with E-state index in [1.54, 1.807) is 0 Å². The Hall–Kier alpha value is -16.6. The Morgan fingerprint density at radius 3 is 0.730 bits per heavy atom. The van der Waals surface area contributed by atoms with Crippen LogP contribution in [0.2, 0.25) is 0 Å². The van der Waals surface area contributed by atoms with Crippen molar-refractivity contribution in [2.45, 2.75) is 0 Å². The van der Waals surface area contributed by atoms with Crippen molar-refractivity contribution in [1.29, 1.82) is 0 Å². The molecule has 20 aromatic rings. The maximum Gasteiger partial charge on any atom is 0.252 e. The van der Waals surface area contributed by atoms with Crippen molar-refractivity contribution in [2.75, 3.05) is 19.6 Å². The van der Waals surface area contributed by atoms with Crippen LogP contribution in [-0.4, -0.2) is 38.3 Å². The van der Waals surface area contributed by atoms with Gasteiger partial charge in [0.25, 0.3) is 13.4 Å². The molecule has 0 unspecified atom stereocenters. The molecule has 24 rings (SSSR count). The van der Waals surface area contributed by atoms with Crippen molar-refractivity contribution in [3.05, 3.63) is 455 Å².